The Labute approximate surface area is 117 Å². The van der Waals surface area contributed by atoms with Gasteiger partial charge in [-0.05, 0) is 24.2 Å². The first kappa shape index (κ1) is 13.5. The van der Waals surface area contributed by atoms with Crippen LogP contribution in [0.1, 0.15) is 33.1 Å². The van der Waals surface area contributed by atoms with Gasteiger partial charge in [0.25, 0.3) is 0 Å². The molecule has 0 amide bonds. The minimum absolute atomic E-state index is 0.0906. The molecule has 7 nitrogen and oxygen atoms in total. The molecule has 2 fully saturated rings. The summed E-state index contributed by atoms with van der Waals surface area (Å²) in [7, 11) is -3.62. The number of carbonyl (C=O) groups excluding carboxylic acids is 1. The summed E-state index contributed by atoms with van der Waals surface area (Å²) in [6.07, 6.45) is 4.64. The molecule has 110 valence electrons. The molecule has 0 radical (unpaired) electrons. The molecule has 1 heterocycles. The van der Waals surface area contributed by atoms with Crippen molar-refractivity contribution < 1.29 is 13.2 Å². The van der Waals surface area contributed by atoms with Crippen molar-refractivity contribution in [3.05, 3.63) is 12.7 Å². The van der Waals surface area contributed by atoms with Crippen LogP contribution in [0.2, 0.25) is 0 Å². The third-order valence-corrected chi connectivity index (χ3v) is 6.60. The zero-order chi connectivity index (χ0) is 14.6. The van der Waals surface area contributed by atoms with Gasteiger partial charge < -0.3 is 0 Å². The van der Waals surface area contributed by atoms with E-state index in [4.69, 9.17) is 0 Å². The summed E-state index contributed by atoms with van der Waals surface area (Å²) in [5.74, 6) is 0.230. The van der Waals surface area contributed by atoms with Crippen LogP contribution < -0.4 is 4.83 Å². The third kappa shape index (κ3) is 1.77. The summed E-state index contributed by atoms with van der Waals surface area (Å²) in [5.41, 5.74) is -1.01. The van der Waals surface area contributed by atoms with E-state index in [2.05, 4.69) is 15.0 Å². The highest BCUT2D eigenvalue weighted by molar-refractivity contribution is 7.92. The van der Waals surface area contributed by atoms with Gasteiger partial charge in [0.1, 0.15) is 18.4 Å². The Morgan fingerprint density at radius 2 is 2.05 bits per heavy atom. The molecule has 20 heavy (non-hydrogen) atoms. The second kappa shape index (κ2) is 4.03. The highest BCUT2D eigenvalue weighted by Crippen LogP contribution is 2.64. The average molecular weight is 298 g/mol. The molecule has 8 heteroatoms. The summed E-state index contributed by atoms with van der Waals surface area (Å²) in [6, 6.07) is 0. The van der Waals surface area contributed by atoms with E-state index >= 15 is 0 Å². The number of nitrogens with zero attached hydrogens (tertiary/aromatic N) is 3. The molecular weight excluding hydrogens is 280 g/mol. The van der Waals surface area contributed by atoms with Crippen molar-refractivity contribution in [2.75, 3.05) is 10.6 Å². The van der Waals surface area contributed by atoms with Gasteiger partial charge in [-0.25, -0.2) is 17.9 Å². The molecule has 0 aliphatic heterocycles. The number of sulfonamides is 1. The van der Waals surface area contributed by atoms with Crippen molar-refractivity contribution in [2.45, 2.75) is 33.1 Å². The summed E-state index contributed by atoms with van der Waals surface area (Å²) < 4.78 is 25.8. The van der Waals surface area contributed by atoms with Crippen LogP contribution in [0.4, 0.5) is 0 Å². The van der Waals surface area contributed by atoms with Crippen LogP contribution in [0.5, 0.6) is 0 Å². The standard InChI is InChI=1S/C12H18N4O3S/c1-11(2)9-3-4-12(11,10(17)5-9)6-20(18,19)15-16-7-13-14-8-16/h7-9,15H,3-6H2,1-2H3/t9-,12?/m0/s1. The van der Waals surface area contributed by atoms with Crippen LogP contribution in [0.3, 0.4) is 0 Å². The van der Waals surface area contributed by atoms with E-state index in [1.165, 1.54) is 17.3 Å². The van der Waals surface area contributed by atoms with Gasteiger partial charge in [-0.1, -0.05) is 13.8 Å². The number of hydrogen-bond donors (Lipinski definition) is 1. The monoisotopic (exact) mass is 298 g/mol. The summed E-state index contributed by atoms with van der Waals surface area (Å²) in [4.78, 5) is 14.7. The minimum Gasteiger partial charge on any atom is -0.299 e. The minimum atomic E-state index is -3.62. The highest BCUT2D eigenvalue weighted by Gasteiger charge is 2.65. The molecule has 2 saturated carbocycles. The molecule has 1 N–H and O–H groups in total. The van der Waals surface area contributed by atoms with E-state index < -0.39 is 15.4 Å². The van der Waals surface area contributed by atoms with Gasteiger partial charge in [0.05, 0.1) is 11.2 Å². The predicted molar refractivity (Wildman–Crippen MR) is 71.7 cm³/mol. The summed E-state index contributed by atoms with van der Waals surface area (Å²) in [5, 5.41) is 7.09. The lowest BCUT2D eigenvalue weighted by molar-refractivity contribution is -0.128. The van der Waals surface area contributed by atoms with Crippen molar-refractivity contribution in [3.8, 4) is 0 Å². The van der Waals surface area contributed by atoms with Crippen LogP contribution in [-0.4, -0.2) is 34.8 Å². The van der Waals surface area contributed by atoms with Gasteiger partial charge in [0.15, 0.2) is 0 Å². The number of rotatable bonds is 4. The maximum Gasteiger partial charge on any atom is 0.247 e. The first-order valence-corrected chi connectivity index (χ1v) is 8.30. The molecule has 2 atom stereocenters. The van der Waals surface area contributed by atoms with Gasteiger partial charge in [0.2, 0.25) is 10.0 Å². The Hall–Kier alpha value is -1.44. The van der Waals surface area contributed by atoms with E-state index in [0.29, 0.717) is 18.8 Å². The van der Waals surface area contributed by atoms with Crippen LogP contribution >= 0.6 is 0 Å². The number of aromatic nitrogens is 3. The van der Waals surface area contributed by atoms with E-state index in [1.807, 2.05) is 13.8 Å². The van der Waals surface area contributed by atoms with Gasteiger partial charge in [-0.3, -0.25) is 4.79 Å². The maximum absolute atomic E-state index is 12.3. The molecule has 2 aliphatic carbocycles. The van der Waals surface area contributed by atoms with Crippen molar-refractivity contribution in [1.29, 1.82) is 0 Å². The van der Waals surface area contributed by atoms with Crippen molar-refractivity contribution in [3.63, 3.8) is 0 Å². The fourth-order valence-corrected chi connectivity index (χ4v) is 5.68. The SMILES string of the molecule is CC1(C)[C@H]2CCC1(CS(=O)(=O)Nn1cnnc1)C(=O)C2. The topological polar surface area (TPSA) is 93.9 Å². The van der Waals surface area contributed by atoms with Crippen molar-refractivity contribution >= 4 is 15.8 Å². The molecule has 1 aromatic rings. The number of hydrogen-bond acceptors (Lipinski definition) is 5. The quantitative estimate of drug-likeness (QED) is 0.876. The molecule has 0 aromatic carbocycles. The summed E-state index contributed by atoms with van der Waals surface area (Å²) >= 11 is 0. The zero-order valence-electron chi connectivity index (χ0n) is 11.5. The lowest BCUT2D eigenvalue weighted by atomic mass is 9.70. The lowest BCUT2D eigenvalue weighted by Crippen LogP contribution is -2.44. The second-order valence-corrected chi connectivity index (χ2v) is 8.09. The Kier molecular flexibility index (Phi) is 2.73. The second-order valence-electron chi connectivity index (χ2n) is 6.39. The smallest absolute Gasteiger partial charge is 0.247 e. The normalized spacial score (nSPS) is 31.7. The van der Waals surface area contributed by atoms with E-state index in [-0.39, 0.29) is 17.0 Å². The number of carbonyl (C=O) groups is 1. The van der Waals surface area contributed by atoms with Gasteiger partial charge >= 0.3 is 0 Å². The highest BCUT2D eigenvalue weighted by atomic mass is 32.2. The first-order valence-electron chi connectivity index (χ1n) is 6.65. The molecule has 1 aromatic heterocycles. The first-order chi connectivity index (χ1) is 9.27. The van der Waals surface area contributed by atoms with Crippen molar-refractivity contribution in [1.82, 2.24) is 14.9 Å². The predicted octanol–water partition coefficient (Wildman–Crippen LogP) is 0.547. The van der Waals surface area contributed by atoms with E-state index in [9.17, 15) is 13.2 Å². The Morgan fingerprint density at radius 1 is 1.40 bits per heavy atom. The molecular formula is C12H18N4O3S. The summed E-state index contributed by atoms with van der Waals surface area (Å²) in [6.45, 7) is 4.04. The number of Topliss-reactive ketones (excluding diaryl/α,β-unsaturated/α-hetero) is 1. The van der Waals surface area contributed by atoms with Crippen LogP contribution in [-0.2, 0) is 14.8 Å². The Bertz CT molecular complexity index is 638. The largest absolute Gasteiger partial charge is 0.299 e. The molecule has 0 spiro atoms. The zero-order valence-corrected chi connectivity index (χ0v) is 12.4. The lowest BCUT2D eigenvalue weighted by Gasteiger charge is -2.36. The molecule has 1 unspecified atom stereocenters. The van der Waals surface area contributed by atoms with Crippen LogP contribution in [0.25, 0.3) is 0 Å². The number of ketones is 1. The average Bonchev–Trinajstić information content (AvgIpc) is 2.94. The van der Waals surface area contributed by atoms with Crippen molar-refractivity contribution in [2.24, 2.45) is 16.7 Å². The fourth-order valence-electron chi connectivity index (χ4n) is 3.87. The van der Waals surface area contributed by atoms with E-state index in [1.54, 1.807) is 0 Å². The Balaban J connectivity index is 1.88. The number of fused-ring (bicyclic) bond motifs is 2. The van der Waals surface area contributed by atoms with Gasteiger partial charge in [-0.2, -0.15) is 0 Å². The third-order valence-electron chi connectivity index (χ3n) is 5.24. The molecule has 0 saturated heterocycles. The molecule has 2 bridgehead atoms. The maximum atomic E-state index is 12.3. The molecule has 2 aliphatic rings. The Morgan fingerprint density at radius 3 is 2.55 bits per heavy atom. The van der Waals surface area contributed by atoms with Gasteiger partial charge in [0, 0.05) is 6.42 Å². The fraction of sp³-hybridized carbons (Fsp3) is 0.750. The van der Waals surface area contributed by atoms with Gasteiger partial charge in [-0.15, -0.1) is 10.2 Å². The van der Waals surface area contributed by atoms with Crippen LogP contribution in [0, 0.1) is 16.7 Å². The van der Waals surface area contributed by atoms with Crippen LogP contribution in [0.15, 0.2) is 12.7 Å². The number of nitrogens with one attached hydrogen (secondary N) is 1. The molecule has 3 rings (SSSR count). The van der Waals surface area contributed by atoms with E-state index in [0.717, 1.165) is 6.42 Å².